The van der Waals surface area contributed by atoms with Gasteiger partial charge in [0.15, 0.2) is 11.2 Å². The molecule has 0 radical (unpaired) electrons. The number of fused-ring (bicyclic) bond motifs is 1. The fraction of sp³-hybridized carbons (Fsp3) is 0.457. The van der Waals surface area contributed by atoms with Crippen LogP contribution in [0.4, 0.5) is 11.6 Å². The van der Waals surface area contributed by atoms with E-state index in [1.165, 1.54) is 16.0 Å². The van der Waals surface area contributed by atoms with Gasteiger partial charge in [-0.3, -0.25) is 58.0 Å². The molecule has 1 aromatic carbocycles. The second-order valence-electron chi connectivity index (χ2n) is 13.3. The molecule has 2 aromatic heterocycles. The lowest BCUT2D eigenvalue weighted by molar-refractivity contribution is -0.143. The highest BCUT2D eigenvalue weighted by Gasteiger charge is 2.20. The molecule has 0 spiro atoms. The smallest absolute Gasteiger partial charge is 0.317 e. The Labute approximate surface area is 336 Å². The highest BCUT2D eigenvalue weighted by Crippen LogP contribution is 2.12. The number of nitrogens with one attached hydrogen (secondary N) is 5. The zero-order valence-corrected chi connectivity index (χ0v) is 32.2. The van der Waals surface area contributed by atoms with E-state index < -0.39 is 61.5 Å². The predicted molar refractivity (Wildman–Crippen MR) is 208 cm³/mol. The van der Waals surface area contributed by atoms with Crippen LogP contribution in [0.25, 0.3) is 11.2 Å². The van der Waals surface area contributed by atoms with Gasteiger partial charge < -0.3 is 47.4 Å². The monoisotopic (exact) mass is 828 g/mol. The zero-order valence-electron chi connectivity index (χ0n) is 32.2. The molecule has 0 saturated heterocycles. The van der Waals surface area contributed by atoms with Crippen molar-refractivity contribution >= 4 is 64.4 Å². The Balaban J connectivity index is 1.36. The van der Waals surface area contributed by atoms with E-state index >= 15 is 0 Å². The molecule has 0 saturated carbocycles. The molecule has 11 N–H and O–H groups in total. The third-order valence-electron chi connectivity index (χ3n) is 8.33. The summed E-state index contributed by atoms with van der Waals surface area (Å²) in [7, 11) is 0. The molecular weight excluding hydrogens is 780 g/mol. The van der Waals surface area contributed by atoms with Crippen LogP contribution in [0.5, 0.6) is 0 Å². The lowest BCUT2D eigenvalue weighted by atomic mass is 10.1. The molecule has 3 rings (SSSR count). The van der Waals surface area contributed by atoms with Crippen LogP contribution in [-0.2, 0) is 35.3 Å². The number of aliphatic carboxylic acids is 4. The second kappa shape index (κ2) is 23.4. The lowest BCUT2D eigenvalue weighted by Gasteiger charge is -2.27. The van der Waals surface area contributed by atoms with E-state index in [9.17, 15) is 48.6 Å². The van der Waals surface area contributed by atoms with Crippen LogP contribution in [0.3, 0.4) is 0 Å². The Bertz CT molecular complexity index is 2000. The number of amides is 3. The van der Waals surface area contributed by atoms with Crippen molar-refractivity contribution in [3.8, 4) is 0 Å². The zero-order chi connectivity index (χ0) is 43.5. The summed E-state index contributed by atoms with van der Waals surface area (Å²) in [6.45, 7) is -0.683. The van der Waals surface area contributed by atoms with Crippen LogP contribution in [0.1, 0.15) is 35.8 Å². The number of nitrogens with two attached hydrogens (primary N) is 1. The van der Waals surface area contributed by atoms with Gasteiger partial charge in [0.05, 0.1) is 51.2 Å². The van der Waals surface area contributed by atoms with E-state index in [-0.39, 0.29) is 93.7 Å². The Morgan fingerprint density at radius 2 is 1.27 bits per heavy atom. The van der Waals surface area contributed by atoms with Gasteiger partial charge in [0.2, 0.25) is 17.8 Å². The van der Waals surface area contributed by atoms with Crippen LogP contribution < -0.4 is 32.6 Å². The Hall–Kier alpha value is -6.79. The molecule has 3 aromatic rings. The maximum atomic E-state index is 12.8. The van der Waals surface area contributed by atoms with Gasteiger partial charge in [-0.25, -0.2) is 9.97 Å². The number of carboxylic acids is 4. The van der Waals surface area contributed by atoms with Gasteiger partial charge in [-0.05, 0) is 37.6 Å². The maximum Gasteiger partial charge on any atom is 0.317 e. The van der Waals surface area contributed by atoms with Gasteiger partial charge in [0, 0.05) is 63.0 Å². The Kier molecular flexibility index (Phi) is 18.5. The fourth-order valence-electron chi connectivity index (χ4n) is 5.50. The van der Waals surface area contributed by atoms with Crippen LogP contribution in [0.2, 0.25) is 0 Å². The third kappa shape index (κ3) is 17.9. The predicted octanol–water partition coefficient (Wildman–Crippen LogP) is -2.72. The number of carboxylic acid groups (broad SMARTS) is 4. The molecule has 0 bridgehead atoms. The molecule has 59 heavy (non-hydrogen) atoms. The second-order valence-corrected chi connectivity index (χ2v) is 13.3. The number of H-pyrrole nitrogens is 1. The number of hydrogen-bond donors (Lipinski definition) is 10. The first kappa shape index (κ1) is 46.6. The first-order valence-corrected chi connectivity index (χ1v) is 18.2. The van der Waals surface area contributed by atoms with Crippen molar-refractivity contribution in [1.82, 2.24) is 50.6 Å². The van der Waals surface area contributed by atoms with E-state index in [0.29, 0.717) is 23.4 Å². The number of carbonyl (C=O) groups excluding carboxylic acids is 3. The largest absolute Gasteiger partial charge is 0.480 e. The minimum absolute atomic E-state index is 0.0233. The molecule has 1 unspecified atom stereocenters. The van der Waals surface area contributed by atoms with E-state index in [2.05, 4.69) is 41.2 Å². The first-order chi connectivity index (χ1) is 28.0. The maximum absolute atomic E-state index is 12.8. The average molecular weight is 829 g/mol. The van der Waals surface area contributed by atoms with Crippen molar-refractivity contribution in [2.45, 2.75) is 32.4 Å². The van der Waals surface area contributed by atoms with Crippen molar-refractivity contribution in [2.75, 3.05) is 83.0 Å². The van der Waals surface area contributed by atoms with Crippen LogP contribution >= 0.6 is 0 Å². The summed E-state index contributed by atoms with van der Waals surface area (Å²) >= 11 is 0. The lowest BCUT2D eigenvalue weighted by Crippen LogP contribution is -2.47. The number of rotatable bonds is 27. The van der Waals surface area contributed by atoms with Crippen molar-refractivity contribution in [3.05, 3.63) is 52.1 Å². The van der Waals surface area contributed by atoms with Crippen molar-refractivity contribution < 1.29 is 54.0 Å². The van der Waals surface area contributed by atoms with Crippen LogP contribution in [0, 0.1) is 0 Å². The number of aromatic amines is 1. The quantitative estimate of drug-likeness (QED) is 0.0349. The highest BCUT2D eigenvalue weighted by molar-refractivity contribution is 5.94. The molecule has 24 heteroatoms. The van der Waals surface area contributed by atoms with Crippen LogP contribution in [-0.4, -0.2) is 175 Å². The summed E-state index contributed by atoms with van der Waals surface area (Å²) in [5, 5.41) is 47.9. The summed E-state index contributed by atoms with van der Waals surface area (Å²) < 4.78 is 0. The normalized spacial score (nSPS) is 11.7. The minimum Gasteiger partial charge on any atom is -0.480 e. The topological polar surface area (TPSA) is 356 Å². The number of nitrogens with zero attached hydrogens (tertiary/aromatic N) is 6. The number of nitrogen functional groups attached to an aromatic ring is 1. The third-order valence-corrected chi connectivity index (χ3v) is 8.33. The first-order valence-electron chi connectivity index (χ1n) is 18.2. The van der Waals surface area contributed by atoms with Gasteiger partial charge >= 0.3 is 23.9 Å². The fourth-order valence-corrected chi connectivity index (χ4v) is 5.50. The summed E-state index contributed by atoms with van der Waals surface area (Å²) in [4.78, 5) is 113. The molecule has 2 heterocycles. The molecule has 320 valence electrons. The number of carbonyl (C=O) groups is 7. The number of benzene rings is 1. The number of hydrogen-bond acceptors (Lipinski definition) is 16. The van der Waals surface area contributed by atoms with E-state index in [0.717, 1.165) is 4.90 Å². The van der Waals surface area contributed by atoms with E-state index in [4.69, 9.17) is 15.9 Å². The molecule has 0 aliphatic rings. The minimum atomic E-state index is -1.26. The van der Waals surface area contributed by atoms with Crippen LogP contribution in [0.15, 0.2) is 35.3 Å². The van der Waals surface area contributed by atoms with Crippen molar-refractivity contribution in [2.24, 2.45) is 0 Å². The van der Waals surface area contributed by atoms with Crippen molar-refractivity contribution in [3.63, 3.8) is 0 Å². The van der Waals surface area contributed by atoms with Gasteiger partial charge in [-0.15, -0.1) is 0 Å². The molecule has 3 amide bonds. The molecule has 24 nitrogen and oxygen atoms in total. The van der Waals surface area contributed by atoms with Crippen molar-refractivity contribution in [1.29, 1.82) is 0 Å². The van der Waals surface area contributed by atoms with Gasteiger partial charge in [0.25, 0.3) is 11.5 Å². The van der Waals surface area contributed by atoms with Gasteiger partial charge in [-0.2, -0.15) is 4.98 Å². The van der Waals surface area contributed by atoms with E-state index in [1.54, 1.807) is 31.2 Å². The molecule has 0 aliphatic carbocycles. The van der Waals surface area contributed by atoms with E-state index in [1.807, 2.05) is 0 Å². The SMILES string of the molecule is CC(CCC(=O)NCCNC(=O)CN(CCN(CCN(CC(=O)O)CC(=O)O)CC(=O)O)CC(=O)O)NC(=O)c1ccc(NCc2cnc3nc(N)[nH]c(=O)c3n2)cc1. The van der Waals surface area contributed by atoms with Gasteiger partial charge in [0.1, 0.15) is 0 Å². The highest BCUT2D eigenvalue weighted by atomic mass is 16.4. The Morgan fingerprint density at radius 1 is 0.746 bits per heavy atom. The molecule has 1 atom stereocenters. The average Bonchev–Trinajstić information content (AvgIpc) is 3.15. The Morgan fingerprint density at radius 3 is 1.85 bits per heavy atom. The molecule has 0 fully saturated rings. The number of aromatic nitrogens is 4. The number of anilines is 2. The standard InChI is InChI=1S/C35H48N12O12/c1-21(41-33(58)22-3-5-23(6-4-22)39-14-24-15-40-32-31(42-24)34(59)44-35(36)43-32)2-7-25(48)37-8-9-38-26(49)16-46(18-28(52)53)12-10-45(17-27(50)51)11-13-47(19-29(54)55)20-30(56)57/h3-6,15,21,39H,2,7-14,16-20H2,1H3,(H,37,48)(H,38,49)(H,41,58)(H,50,51)(H,52,53)(H,54,55)(H,56,57)(H3,36,40,43,44,59). The summed E-state index contributed by atoms with van der Waals surface area (Å²) in [5.41, 5.74) is 6.77. The summed E-state index contributed by atoms with van der Waals surface area (Å²) in [6.07, 6.45) is 1.87. The molecule has 0 aliphatic heterocycles. The molecular formula is C35H48N12O12. The summed E-state index contributed by atoms with van der Waals surface area (Å²) in [5.74, 6) is -6.27. The summed E-state index contributed by atoms with van der Waals surface area (Å²) in [6, 6.07) is 6.28. The van der Waals surface area contributed by atoms with Gasteiger partial charge in [-0.1, -0.05) is 0 Å².